The topological polar surface area (TPSA) is 72.0 Å². The second-order valence-electron chi connectivity index (χ2n) is 4.20. The summed E-state index contributed by atoms with van der Waals surface area (Å²) < 4.78 is 1.98. The van der Waals surface area contributed by atoms with Gasteiger partial charge in [0.1, 0.15) is 5.82 Å². The van der Waals surface area contributed by atoms with Gasteiger partial charge >= 0.3 is 0 Å². The molecule has 0 unspecified atom stereocenters. The molecule has 2 aromatic heterocycles. The first-order valence-electron chi connectivity index (χ1n) is 5.43. The van der Waals surface area contributed by atoms with Crippen molar-refractivity contribution in [1.29, 1.82) is 0 Å². The van der Waals surface area contributed by atoms with Crippen LogP contribution >= 0.6 is 0 Å². The molecule has 0 atom stereocenters. The Labute approximate surface area is 87.7 Å². The highest BCUT2D eigenvalue weighted by atomic mass is 15.4. The highest BCUT2D eigenvalue weighted by Crippen LogP contribution is 2.38. The predicted molar refractivity (Wildman–Crippen MR) is 56.8 cm³/mol. The lowest BCUT2D eigenvalue weighted by atomic mass is 10.3. The maximum atomic E-state index is 5.58. The van der Waals surface area contributed by atoms with E-state index in [9.17, 15) is 0 Å². The lowest BCUT2D eigenvalue weighted by molar-refractivity contribution is 0.806. The van der Waals surface area contributed by atoms with E-state index in [1.165, 1.54) is 12.8 Å². The van der Waals surface area contributed by atoms with E-state index in [-0.39, 0.29) is 0 Å². The number of aryl methyl sites for hydroxylation is 1. The van der Waals surface area contributed by atoms with Crippen LogP contribution in [0.5, 0.6) is 0 Å². The molecule has 1 aliphatic carbocycles. The monoisotopic (exact) mass is 205 g/mol. The van der Waals surface area contributed by atoms with Crippen molar-refractivity contribution in [3.8, 4) is 0 Å². The normalized spacial score (nSPS) is 16.4. The van der Waals surface area contributed by atoms with Crippen LogP contribution in [0.2, 0.25) is 0 Å². The van der Waals surface area contributed by atoms with Gasteiger partial charge in [0.05, 0.1) is 11.4 Å². The minimum atomic E-state index is 0.637. The van der Waals surface area contributed by atoms with Crippen molar-refractivity contribution in [1.82, 2.24) is 19.6 Å². The van der Waals surface area contributed by atoms with Gasteiger partial charge in [0.2, 0.25) is 0 Å². The Balaban J connectivity index is 2.10. The average Bonchev–Trinajstić information content (AvgIpc) is 2.92. The van der Waals surface area contributed by atoms with Crippen LogP contribution in [-0.4, -0.2) is 26.1 Å². The zero-order chi connectivity index (χ0) is 10.4. The molecule has 2 aromatic rings. The summed E-state index contributed by atoms with van der Waals surface area (Å²) in [6.45, 7) is 2.65. The van der Waals surface area contributed by atoms with Crippen molar-refractivity contribution < 1.29 is 0 Å². The van der Waals surface area contributed by atoms with Crippen molar-refractivity contribution in [3.05, 3.63) is 17.2 Å². The van der Waals surface area contributed by atoms with Gasteiger partial charge in [-0.25, -0.2) is 9.50 Å². The van der Waals surface area contributed by atoms with E-state index in [0.29, 0.717) is 12.5 Å². The van der Waals surface area contributed by atoms with Crippen LogP contribution < -0.4 is 5.73 Å². The smallest absolute Gasteiger partial charge is 0.251 e. The van der Waals surface area contributed by atoms with Gasteiger partial charge in [0.25, 0.3) is 5.78 Å². The fraction of sp³-hybridized carbons (Fsp3) is 0.600. The summed E-state index contributed by atoms with van der Waals surface area (Å²) >= 11 is 0. The zero-order valence-electron chi connectivity index (χ0n) is 8.82. The van der Waals surface area contributed by atoms with Crippen LogP contribution in [0.25, 0.3) is 5.78 Å². The molecule has 0 radical (unpaired) electrons. The van der Waals surface area contributed by atoms with Gasteiger partial charge in [-0.05, 0) is 26.3 Å². The maximum Gasteiger partial charge on any atom is 0.251 e. The van der Waals surface area contributed by atoms with E-state index in [1.54, 1.807) is 0 Å². The molecule has 5 heteroatoms. The van der Waals surface area contributed by atoms with Crippen LogP contribution in [-0.2, 0) is 6.42 Å². The van der Waals surface area contributed by atoms with Crippen LogP contribution in [0.1, 0.15) is 36.0 Å². The van der Waals surface area contributed by atoms with Crippen molar-refractivity contribution in [2.75, 3.05) is 6.54 Å². The Morgan fingerprint density at radius 1 is 1.47 bits per heavy atom. The number of nitrogens with zero attached hydrogens (tertiary/aromatic N) is 3. The molecule has 1 saturated carbocycles. The second kappa shape index (κ2) is 3.06. The van der Waals surface area contributed by atoms with Gasteiger partial charge in [0, 0.05) is 12.3 Å². The molecule has 0 saturated heterocycles. The number of H-pyrrole nitrogens is 1. The lowest BCUT2D eigenvalue weighted by Crippen LogP contribution is -2.06. The summed E-state index contributed by atoms with van der Waals surface area (Å²) in [5, 5.41) is 3.32. The Morgan fingerprint density at radius 3 is 2.93 bits per heavy atom. The Bertz CT molecular complexity index is 491. The first-order chi connectivity index (χ1) is 7.29. The first kappa shape index (κ1) is 8.91. The number of hydrogen-bond acceptors (Lipinski definition) is 3. The number of nitrogens with one attached hydrogen (secondary N) is 1. The van der Waals surface area contributed by atoms with E-state index in [2.05, 4.69) is 15.1 Å². The number of aromatic nitrogens is 4. The summed E-state index contributed by atoms with van der Waals surface area (Å²) in [4.78, 5) is 8.92. The van der Waals surface area contributed by atoms with E-state index in [0.717, 1.165) is 29.4 Å². The third-order valence-electron chi connectivity index (χ3n) is 2.95. The first-order valence-corrected chi connectivity index (χ1v) is 5.43. The molecule has 1 fully saturated rings. The van der Waals surface area contributed by atoms with Crippen molar-refractivity contribution in [2.24, 2.45) is 5.73 Å². The highest BCUT2D eigenvalue weighted by molar-refractivity contribution is 5.35. The Morgan fingerprint density at radius 2 is 2.27 bits per heavy atom. The molecule has 80 valence electrons. The van der Waals surface area contributed by atoms with Crippen molar-refractivity contribution in [2.45, 2.75) is 32.1 Å². The maximum absolute atomic E-state index is 5.58. The molecular formula is C10H15N5. The molecule has 3 rings (SSSR count). The van der Waals surface area contributed by atoms with Crippen molar-refractivity contribution >= 4 is 5.78 Å². The third kappa shape index (κ3) is 1.34. The fourth-order valence-electron chi connectivity index (χ4n) is 1.96. The minimum absolute atomic E-state index is 0.637. The van der Waals surface area contributed by atoms with E-state index in [1.807, 2.05) is 11.4 Å². The van der Waals surface area contributed by atoms with Gasteiger partial charge in [0.15, 0.2) is 0 Å². The number of hydrogen-bond donors (Lipinski definition) is 2. The van der Waals surface area contributed by atoms with Gasteiger partial charge < -0.3 is 5.73 Å². The number of fused-ring (bicyclic) bond motifs is 1. The third-order valence-corrected chi connectivity index (χ3v) is 2.95. The average molecular weight is 205 g/mol. The molecule has 3 N–H and O–H groups in total. The Kier molecular flexibility index (Phi) is 1.82. The van der Waals surface area contributed by atoms with Crippen LogP contribution in [0.15, 0.2) is 0 Å². The summed E-state index contributed by atoms with van der Waals surface area (Å²) in [6, 6.07) is 0. The predicted octanol–water partition coefficient (Wildman–Crippen LogP) is 0.744. The molecule has 5 nitrogen and oxygen atoms in total. The van der Waals surface area contributed by atoms with E-state index >= 15 is 0 Å². The molecule has 15 heavy (non-hydrogen) atoms. The van der Waals surface area contributed by atoms with E-state index in [4.69, 9.17) is 5.73 Å². The van der Waals surface area contributed by atoms with Crippen LogP contribution in [0.3, 0.4) is 0 Å². The van der Waals surface area contributed by atoms with Crippen molar-refractivity contribution in [3.63, 3.8) is 0 Å². The molecule has 0 amide bonds. The minimum Gasteiger partial charge on any atom is -0.330 e. The fourth-order valence-corrected chi connectivity index (χ4v) is 1.96. The SMILES string of the molecule is Cc1nc2nc(C3CC3)[nH]n2c1CCN. The second-order valence-corrected chi connectivity index (χ2v) is 4.20. The number of aromatic amines is 1. The summed E-state index contributed by atoms with van der Waals surface area (Å²) in [6.07, 6.45) is 3.35. The van der Waals surface area contributed by atoms with Gasteiger partial charge in [-0.3, -0.25) is 5.10 Å². The number of rotatable bonds is 3. The molecular weight excluding hydrogens is 190 g/mol. The zero-order valence-corrected chi connectivity index (χ0v) is 8.82. The number of imidazole rings is 1. The molecule has 0 spiro atoms. The van der Waals surface area contributed by atoms with Crippen LogP contribution in [0, 0.1) is 6.92 Å². The molecule has 0 bridgehead atoms. The molecule has 0 aliphatic heterocycles. The summed E-state index contributed by atoms with van der Waals surface area (Å²) in [5.74, 6) is 2.51. The summed E-state index contributed by atoms with van der Waals surface area (Å²) in [7, 11) is 0. The van der Waals surface area contributed by atoms with Gasteiger partial charge in [-0.1, -0.05) is 0 Å². The largest absolute Gasteiger partial charge is 0.330 e. The summed E-state index contributed by atoms with van der Waals surface area (Å²) in [5.41, 5.74) is 7.77. The Hall–Kier alpha value is -1.36. The number of nitrogens with two attached hydrogens (primary N) is 1. The van der Waals surface area contributed by atoms with Crippen LogP contribution in [0.4, 0.5) is 0 Å². The molecule has 0 aromatic carbocycles. The highest BCUT2D eigenvalue weighted by Gasteiger charge is 2.27. The van der Waals surface area contributed by atoms with Gasteiger partial charge in [-0.15, -0.1) is 0 Å². The van der Waals surface area contributed by atoms with E-state index < -0.39 is 0 Å². The molecule has 1 aliphatic rings. The quantitative estimate of drug-likeness (QED) is 0.776. The lowest BCUT2D eigenvalue weighted by Gasteiger charge is -1.97. The standard InChI is InChI=1S/C10H15N5/c1-6-8(4-5-11)15-10(12-6)13-9(14-15)7-2-3-7/h7H,2-5,11H2,1H3,(H,12,13,14). The van der Waals surface area contributed by atoms with Gasteiger partial charge in [-0.2, -0.15) is 4.98 Å². The molecule has 2 heterocycles.